The Morgan fingerprint density at radius 1 is 1.36 bits per heavy atom. The maximum Gasteiger partial charge on any atom is 0.303 e. The second-order valence-corrected chi connectivity index (χ2v) is 3.21. The van der Waals surface area contributed by atoms with Crippen molar-refractivity contribution in [3.8, 4) is 0 Å². The van der Waals surface area contributed by atoms with E-state index in [0.717, 1.165) is 25.7 Å². The van der Waals surface area contributed by atoms with Gasteiger partial charge in [0.1, 0.15) is 0 Å². The molecule has 3 heteroatoms. The maximum atomic E-state index is 10.3. The van der Waals surface area contributed by atoms with Crippen LogP contribution < -0.4 is 0 Å². The molecule has 0 saturated heterocycles. The first-order valence-corrected chi connectivity index (χ1v) is 4.10. The van der Waals surface area contributed by atoms with E-state index in [4.69, 9.17) is 5.11 Å². The van der Waals surface area contributed by atoms with Crippen molar-refractivity contribution in [2.24, 2.45) is 5.92 Å². The van der Waals surface area contributed by atoms with Crippen LogP contribution in [0.4, 0.5) is 0 Å². The van der Waals surface area contributed by atoms with Crippen molar-refractivity contribution in [1.82, 2.24) is 0 Å². The number of carboxylic acid groups (broad SMARTS) is 1. The lowest BCUT2D eigenvalue weighted by Crippen LogP contribution is -2.26. The minimum Gasteiger partial charge on any atom is -0.481 e. The highest BCUT2D eigenvalue weighted by atomic mass is 16.4. The van der Waals surface area contributed by atoms with Crippen LogP contribution in [-0.2, 0) is 4.79 Å². The van der Waals surface area contributed by atoms with Crippen molar-refractivity contribution in [3.63, 3.8) is 0 Å². The molecule has 1 aliphatic carbocycles. The SMILES string of the molecule is O=C(O)C[C@@H]1CCCC[C@H]1O. The van der Waals surface area contributed by atoms with Crippen molar-refractivity contribution >= 4 is 5.97 Å². The Kier molecular flexibility index (Phi) is 2.88. The van der Waals surface area contributed by atoms with Crippen molar-refractivity contribution in [2.45, 2.75) is 38.2 Å². The summed E-state index contributed by atoms with van der Waals surface area (Å²) in [6.07, 6.45) is 3.50. The Morgan fingerprint density at radius 2 is 2.00 bits per heavy atom. The van der Waals surface area contributed by atoms with E-state index in [9.17, 15) is 9.90 Å². The monoisotopic (exact) mass is 158 g/mol. The summed E-state index contributed by atoms with van der Waals surface area (Å²) >= 11 is 0. The highest BCUT2D eigenvalue weighted by Gasteiger charge is 2.24. The van der Waals surface area contributed by atoms with Crippen molar-refractivity contribution in [2.75, 3.05) is 0 Å². The van der Waals surface area contributed by atoms with E-state index >= 15 is 0 Å². The fourth-order valence-corrected chi connectivity index (χ4v) is 1.65. The summed E-state index contributed by atoms with van der Waals surface area (Å²) in [6.45, 7) is 0. The molecule has 0 bridgehead atoms. The molecule has 64 valence electrons. The fraction of sp³-hybridized carbons (Fsp3) is 0.875. The van der Waals surface area contributed by atoms with Crippen molar-refractivity contribution in [1.29, 1.82) is 0 Å². The van der Waals surface area contributed by atoms with Gasteiger partial charge in [0.15, 0.2) is 0 Å². The van der Waals surface area contributed by atoms with Gasteiger partial charge < -0.3 is 10.2 Å². The Hall–Kier alpha value is -0.570. The molecule has 1 aliphatic rings. The third kappa shape index (κ3) is 2.50. The molecule has 0 aromatic rings. The molecule has 1 rings (SSSR count). The van der Waals surface area contributed by atoms with E-state index in [2.05, 4.69) is 0 Å². The highest BCUT2D eigenvalue weighted by molar-refractivity contribution is 5.67. The highest BCUT2D eigenvalue weighted by Crippen LogP contribution is 2.26. The Balaban J connectivity index is 2.35. The van der Waals surface area contributed by atoms with E-state index in [1.165, 1.54) is 0 Å². The van der Waals surface area contributed by atoms with E-state index in [1.54, 1.807) is 0 Å². The summed E-state index contributed by atoms with van der Waals surface area (Å²) in [5.41, 5.74) is 0. The van der Waals surface area contributed by atoms with Crippen LogP contribution >= 0.6 is 0 Å². The molecule has 1 saturated carbocycles. The number of hydrogen-bond acceptors (Lipinski definition) is 2. The van der Waals surface area contributed by atoms with Crippen LogP contribution in [-0.4, -0.2) is 22.3 Å². The Labute approximate surface area is 66.0 Å². The van der Waals surface area contributed by atoms with Gasteiger partial charge in [0.25, 0.3) is 0 Å². The average molecular weight is 158 g/mol. The Bertz CT molecular complexity index is 144. The molecule has 0 heterocycles. The first kappa shape index (κ1) is 8.53. The van der Waals surface area contributed by atoms with Gasteiger partial charge in [-0.25, -0.2) is 0 Å². The van der Waals surface area contributed by atoms with E-state index in [0.29, 0.717) is 0 Å². The zero-order chi connectivity index (χ0) is 8.27. The zero-order valence-electron chi connectivity index (χ0n) is 6.49. The number of aliphatic carboxylic acids is 1. The molecule has 0 radical (unpaired) electrons. The van der Waals surface area contributed by atoms with E-state index in [1.807, 2.05) is 0 Å². The zero-order valence-corrected chi connectivity index (χ0v) is 6.49. The van der Waals surface area contributed by atoms with Gasteiger partial charge in [0.2, 0.25) is 0 Å². The molecule has 0 aromatic heterocycles. The summed E-state index contributed by atoms with van der Waals surface area (Å²) < 4.78 is 0. The predicted molar refractivity (Wildman–Crippen MR) is 40.2 cm³/mol. The van der Waals surface area contributed by atoms with Crippen LogP contribution in [0.3, 0.4) is 0 Å². The van der Waals surface area contributed by atoms with Crippen LogP contribution in [0.25, 0.3) is 0 Å². The molecule has 0 spiro atoms. The fourth-order valence-electron chi connectivity index (χ4n) is 1.65. The number of rotatable bonds is 2. The molecule has 3 nitrogen and oxygen atoms in total. The van der Waals surface area contributed by atoms with Gasteiger partial charge in [-0.15, -0.1) is 0 Å². The summed E-state index contributed by atoms with van der Waals surface area (Å²) in [5.74, 6) is -0.794. The summed E-state index contributed by atoms with van der Waals surface area (Å²) in [6, 6.07) is 0. The quantitative estimate of drug-likeness (QED) is 0.630. The van der Waals surface area contributed by atoms with E-state index in [-0.39, 0.29) is 18.4 Å². The van der Waals surface area contributed by atoms with Crippen LogP contribution in [0, 0.1) is 5.92 Å². The first-order valence-electron chi connectivity index (χ1n) is 4.10. The summed E-state index contributed by atoms with van der Waals surface area (Å²) in [7, 11) is 0. The third-order valence-electron chi connectivity index (χ3n) is 2.31. The van der Waals surface area contributed by atoms with Gasteiger partial charge in [-0.05, 0) is 18.8 Å². The largest absolute Gasteiger partial charge is 0.481 e. The molecule has 0 unspecified atom stereocenters. The van der Waals surface area contributed by atoms with Gasteiger partial charge in [0.05, 0.1) is 12.5 Å². The van der Waals surface area contributed by atoms with Crippen molar-refractivity contribution in [3.05, 3.63) is 0 Å². The number of carboxylic acids is 1. The molecular formula is C8H14O3. The third-order valence-corrected chi connectivity index (χ3v) is 2.31. The number of carbonyl (C=O) groups is 1. The van der Waals surface area contributed by atoms with Crippen molar-refractivity contribution < 1.29 is 15.0 Å². The number of aliphatic hydroxyl groups is 1. The maximum absolute atomic E-state index is 10.3. The van der Waals surface area contributed by atoms with Crippen LogP contribution in [0.15, 0.2) is 0 Å². The normalized spacial score (nSPS) is 31.7. The van der Waals surface area contributed by atoms with Crippen LogP contribution in [0.2, 0.25) is 0 Å². The number of hydrogen-bond donors (Lipinski definition) is 2. The van der Waals surface area contributed by atoms with Gasteiger partial charge in [-0.1, -0.05) is 12.8 Å². The van der Waals surface area contributed by atoms with Gasteiger partial charge in [-0.3, -0.25) is 4.79 Å². The lowest BCUT2D eigenvalue weighted by molar-refractivity contribution is -0.139. The second kappa shape index (κ2) is 3.72. The van der Waals surface area contributed by atoms with Gasteiger partial charge in [-0.2, -0.15) is 0 Å². The number of aliphatic hydroxyl groups excluding tert-OH is 1. The summed E-state index contributed by atoms with van der Waals surface area (Å²) in [5, 5.41) is 17.8. The summed E-state index contributed by atoms with van der Waals surface area (Å²) in [4.78, 5) is 10.3. The Morgan fingerprint density at radius 3 is 2.55 bits per heavy atom. The smallest absolute Gasteiger partial charge is 0.303 e. The second-order valence-electron chi connectivity index (χ2n) is 3.21. The molecule has 11 heavy (non-hydrogen) atoms. The van der Waals surface area contributed by atoms with Gasteiger partial charge >= 0.3 is 5.97 Å². The molecule has 0 amide bonds. The molecule has 0 aromatic carbocycles. The lowest BCUT2D eigenvalue weighted by Gasteiger charge is -2.25. The standard InChI is InChI=1S/C8H14O3/c9-7-4-2-1-3-6(7)5-8(10)11/h6-7,9H,1-5H2,(H,10,11)/t6-,7+/m0/s1. The molecule has 1 fully saturated rings. The minimum absolute atomic E-state index is 0.00116. The average Bonchev–Trinajstić information content (AvgIpc) is 1.93. The van der Waals surface area contributed by atoms with E-state index < -0.39 is 5.97 Å². The first-order chi connectivity index (χ1) is 5.20. The lowest BCUT2D eigenvalue weighted by atomic mass is 9.84. The van der Waals surface area contributed by atoms with Crippen LogP contribution in [0.1, 0.15) is 32.1 Å². The predicted octanol–water partition coefficient (Wildman–Crippen LogP) is 1.01. The minimum atomic E-state index is -0.795. The topological polar surface area (TPSA) is 57.5 Å². The molecular weight excluding hydrogens is 144 g/mol. The molecule has 2 N–H and O–H groups in total. The molecule has 0 aliphatic heterocycles. The van der Waals surface area contributed by atoms with Gasteiger partial charge in [0, 0.05) is 0 Å². The molecule has 2 atom stereocenters. The van der Waals surface area contributed by atoms with Crippen LogP contribution in [0.5, 0.6) is 0 Å².